The third kappa shape index (κ3) is 2.27. The standard InChI is InChI=1S/C16H12ClNO/c1-10-7-16(19)18-15-6-5-12(9-14(10)15)11-3-2-4-13(17)8-11/h2-9H,1H3,(H,18,19). The van der Waals surface area contributed by atoms with Crippen molar-refractivity contribution in [2.24, 2.45) is 0 Å². The van der Waals surface area contributed by atoms with Crippen molar-refractivity contribution >= 4 is 22.5 Å². The fraction of sp³-hybridized carbons (Fsp3) is 0.0625. The number of pyridine rings is 1. The summed E-state index contributed by atoms with van der Waals surface area (Å²) in [6.07, 6.45) is 0. The van der Waals surface area contributed by atoms with Crippen LogP contribution >= 0.6 is 11.6 Å². The van der Waals surface area contributed by atoms with E-state index in [1.54, 1.807) is 6.07 Å². The van der Waals surface area contributed by atoms with Crippen LogP contribution in [-0.4, -0.2) is 4.98 Å². The Morgan fingerprint density at radius 1 is 1.00 bits per heavy atom. The molecule has 0 atom stereocenters. The van der Waals surface area contributed by atoms with Crippen molar-refractivity contribution in [3.05, 3.63) is 69.5 Å². The van der Waals surface area contributed by atoms with E-state index < -0.39 is 0 Å². The predicted octanol–water partition coefficient (Wildman–Crippen LogP) is 4.16. The van der Waals surface area contributed by atoms with Crippen LogP contribution in [0.3, 0.4) is 0 Å². The number of aromatic amines is 1. The molecule has 0 bridgehead atoms. The van der Waals surface area contributed by atoms with Gasteiger partial charge in [-0.25, -0.2) is 0 Å². The lowest BCUT2D eigenvalue weighted by Crippen LogP contribution is -2.04. The van der Waals surface area contributed by atoms with E-state index in [2.05, 4.69) is 11.1 Å². The topological polar surface area (TPSA) is 32.9 Å². The lowest BCUT2D eigenvalue weighted by atomic mass is 10.0. The van der Waals surface area contributed by atoms with Crippen LogP contribution in [0.4, 0.5) is 0 Å². The summed E-state index contributed by atoms with van der Waals surface area (Å²) >= 11 is 6.02. The number of H-pyrrole nitrogens is 1. The van der Waals surface area contributed by atoms with E-state index in [1.807, 2.05) is 43.3 Å². The van der Waals surface area contributed by atoms with Gasteiger partial charge in [0, 0.05) is 22.0 Å². The van der Waals surface area contributed by atoms with E-state index in [0.717, 1.165) is 32.6 Å². The second kappa shape index (κ2) is 4.56. The lowest BCUT2D eigenvalue weighted by molar-refractivity contribution is 1.28. The number of nitrogens with one attached hydrogen (secondary N) is 1. The number of rotatable bonds is 1. The van der Waals surface area contributed by atoms with Crippen molar-refractivity contribution in [3.63, 3.8) is 0 Å². The van der Waals surface area contributed by atoms with E-state index in [4.69, 9.17) is 11.6 Å². The maximum atomic E-state index is 11.4. The summed E-state index contributed by atoms with van der Waals surface area (Å²) in [4.78, 5) is 14.3. The van der Waals surface area contributed by atoms with Crippen molar-refractivity contribution in [2.45, 2.75) is 6.92 Å². The van der Waals surface area contributed by atoms with Crippen molar-refractivity contribution in [1.82, 2.24) is 4.98 Å². The average Bonchev–Trinajstić information content (AvgIpc) is 2.38. The summed E-state index contributed by atoms with van der Waals surface area (Å²) in [6.45, 7) is 1.94. The minimum absolute atomic E-state index is 0.0690. The first-order chi connectivity index (χ1) is 9.13. The van der Waals surface area contributed by atoms with Gasteiger partial charge in [0.25, 0.3) is 0 Å². The molecule has 19 heavy (non-hydrogen) atoms. The van der Waals surface area contributed by atoms with Gasteiger partial charge in [-0.3, -0.25) is 4.79 Å². The highest BCUT2D eigenvalue weighted by Crippen LogP contribution is 2.26. The van der Waals surface area contributed by atoms with Gasteiger partial charge in [0.2, 0.25) is 5.56 Å². The van der Waals surface area contributed by atoms with Gasteiger partial charge in [0.05, 0.1) is 0 Å². The van der Waals surface area contributed by atoms with E-state index in [9.17, 15) is 4.79 Å². The molecule has 0 saturated carbocycles. The van der Waals surface area contributed by atoms with Crippen molar-refractivity contribution in [1.29, 1.82) is 0 Å². The minimum atomic E-state index is -0.0690. The van der Waals surface area contributed by atoms with E-state index >= 15 is 0 Å². The minimum Gasteiger partial charge on any atom is -0.322 e. The number of aromatic nitrogens is 1. The second-order valence-corrected chi connectivity index (χ2v) is 5.02. The molecule has 0 radical (unpaired) electrons. The van der Waals surface area contributed by atoms with Gasteiger partial charge in [0.1, 0.15) is 0 Å². The zero-order chi connectivity index (χ0) is 13.4. The van der Waals surface area contributed by atoms with Crippen molar-refractivity contribution in [3.8, 4) is 11.1 Å². The number of hydrogen-bond donors (Lipinski definition) is 1. The Kier molecular flexibility index (Phi) is 2.88. The monoisotopic (exact) mass is 269 g/mol. The largest absolute Gasteiger partial charge is 0.322 e. The van der Waals surface area contributed by atoms with Crippen LogP contribution in [0, 0.1) is 6.92 Å². The molecule has 3 aromatic rings. The summed E-state index contributed by atoms with van der Waals surface area (Å²) in [5, 5.41) is 1.77. The number of hydrogen-bond acceptors (Lipinski definition) is 1. The summed E-state index contributed by atoms with van der Waals surface area (Å²) in [7, 11) is 0. The molecule has 0 fully saturated rings. The molecule has 3 heteroatoms. The van der Waals surface area contributed by atoms with E-state index in [-0.39, 0.29) is 5.56 Å². The fourth-order valence-electron chi connectivity index (χ4n) is 2.27. The van der Waals surface area contributed by atoms with Crippen LogP contribution in [0.15, 0.2) is 53.3 Å². The maximum absolute atomic E-state index is 11.4. The second-order valence-electron chi connectivity index (χ2n) is 4.59. The zero-order valence-electron chi connectivity index (χ0n) is 10.4. The van der Waals surface area contributed by atoms with Crippen molar-refractivity contribution in [2.75, 3.05) is 0 Å². The molecular formula is C16H12ClNO. The maximum Gasteiger partial charge on any atom is 0.248 e. The summed E-state index contributed by atoms with van der Waals surface area (Å²) in [5.41, 5.74) is 3.92. The third-order valence-corrected chi connectivity index (χ3v) is 3.44. The highest BCUT2D eigenvalue weighted by molar-refractivity contribution is 6.30. The summed E-state index contributed by atoms with van der Waals surface area (Å²) in [6, 6.07) is 15.4. The summed E-state index contributed by atoms with van der Waals surface area (Å²) in [5.74, 6) is 0. The number of halogens is 1. The zero-order valence-corrected chi connectivity index (χ0v) is 11.2. The first-order valence-electron chi connectivity index (χ1n) is 6.03. The normalized spacial score (nSPS) is 10.8. The SMILES string of the molecule is Cc1cc(=O)[nH]c2ccc(-c3cccc(Cl)c3)cc12. The predicted molar refractivity (Wildman–Crippen MR) is 79.8 cm³/mol. The number of benzene rings is 2. The fourth-order valence-corrected chi connectivity index (χ4v) is 2.46. The molecule has 94 valence electrons. The first kappa shape index (κ1) is 12.0. The van der Waals surface area contributed by atoms with Gasteiger partial charge in [-0.1, -0.05) is 29.8 Å². The molecule has 0 aliphatic carbocycles. The number of fused-ring (bicyclic) bond motifs is 1. The van der Waals surface area contributed by atoms with Gasteiger partial charge < -0.3 is 4.98 Å². The van der Waals surface area contributed by atoms with Gasteiger partial charge in [-0.2, -0.15) is 0 Å². The Morgan fingerprint density at radius 2 is 1.79 bits per heavy atom. The molecule has 0 aliphatic rings. The average molecular weight is 270 g/mol. The van der Waals surface area contributed by atoms with Crippen LogP contribution in [0.5, 0.6) is 0 Å². The van der Waals surface area contributed by atoms with Crippen LogP contribution in [0.1, 0.15) is 5.56 Å². The Morgan fingerprint density at radius 3 is 2.58 bits per heavy atom. The first-order valence-corrected chi connectivity index (χ1v) is 6.41. The molecule has 1 N–H and O–H groups in total. The third-order valence-electron chi connectivity index (χ3n) is 3.21. The quantitative estimate of drug-likeness (QED) is 0.707. The molecule has 0 amide bonds. The van der Waals surface area contributed by atoms with Crippen LogP contribution in [0.2, 0.25) is 5.02 Å². The highest BCUT2D eigenvalue weighted by Gasteiger charge is 2.03. The summed E-state index contributed by atoms with van der Waals surface area (Å²) < 4.78 is 0. The molecular weight excluding hydrogens is 258 g/mol. The lowest BCUT2D eigenvalue weighted by Gasteiger charge is -2.06. The molecule has 0 aliphatic heterocycles. The smallest absolute Gasteiger partial charge is 0.248 e. The highest BCUT2D eigenvalue weighted by atomic mass is 35.5. The Labute approximate surface area is 115 Å². The van der Waals surface area contributed by atoms with Gasteiger partial charge in [0.15, 0.2) is 0 Å². The van der Waals surface area contributed by atoms with E-state index in [1.165, 1.54) is 0 Å². The van der Waals surface area contributed by atoms with Crippen LogP contribution in [0.25, 0.3) is 22.0 Å². The van der Waals surface area contributed by atoms with Gasteiger partial charge in [-0.05, 0) is 47.9 Å². The molecule has 2 aromatic carbocycles. The number of aryl methyl sites for hydroxylation is 1. The van der Waals surface area contributed by atoms with Gasteiger partial charge in [-0.15, -0.1) is 0 Å². The molecule has 0 unspecified atom stereocenters. The molecule has 0 spiro atoms. The Balaban J connectivity index is 2.24. The Hall–Kier alpha value is -2.06. The van der Waals surface area contributed by atoms with E-state index in [0.29, 0.717) is 0 Å². The van der Waals surface area contributed by atoms with Crippen LogP contribution in [-0.2, 0) is 0 Å². The molecule has 2 nitrogen and oxygen atoms in total. The molecule has 1 aromatic heterocycles. The van der Waals surface area contributed by atoms with Gasteiger partial charge >= 0.3 is 0 Å². The Bertz CT molecular complexity index is 820. The molecule has 1 heterocycles. The molecule has 3 rings (SSSR count). The van der Waals surface area contributed by atoms with Crippen LogP contribution < -0.4 is 5.56 Å². The van der Waals surface area contributed by atoms with Crippen molar-refractivity contribution < 1.29 is 0 Å². The molecule has 0 saturated heterocycles.